The van der Waals surface area contributed by atoms with Gasteiger partial charge in [0.25, 0.3) is 0 Å². The first-order valence-electron chi connectivity index (χ1n) is 2.88. The molecule has 0 heterocycles. The Morgan fingerprint density at radius 1 is 1.50 bits per heavy atom. The molecule has 0 aliphatic carbocycles. The van der Waals surface area contributed by atoms with Gasteiger partial charge in [-0.05, 0) is 19.3 Å². The van der Waals surface area contributed by atoms with Gasteiger partial charge in [-0.2, -0.15) is 0 Å². The summed E-state index contributed by atoms with van der Waals surface area (Å²) in [6.07, 6.45) is 5.52. The van der Waals surface area contributed by atoms with E-state index in [4.69, 9.17) is 0 Å². The summed E-state index contributed by atoms with van der Waals surface area (Å²) >= 11 is 0. The molecule has 0 aromatic heterocycles. The van der Waals surface area contributed by atoms with Crippen LogP contribution in [-0.2, 0) is 0 Å². The Kier molecular flexibility index (Phi) is 10.6. The molecule has 0 aliphatic rings. The van der Waals surface area contributed by atoms with E-state index in [1.54, 1.807) is 0 Å². The van der Waals surface area contributed by atoms with Gasteiger partial charge in [-0.25, -0.2) is 0 Å². The van der Waals surface area contributed by atoms with Gasteiger partial charge in [0.05, 0.1) is 0 Å². The standard InChI is InChI=1S/C7H14.Mg.2H/c1-4-5-6-7(2)3;;;/h4-5,7H,6H2,1-3H3;;;/q;+2;2*-1/b5-4+;;;. The van der Waals surface area contributed by atoms with Crippen LogP contribution in [0.25, 0.3) is 0 Å². The van der Waals surface area contributed by atoms with Crippen molar-refractivity contribution in [2.45, 2.75) is 27.2 Å². The van der Waals surface area contributed by atoms with Crippen LogP contribution in [0.1, 0.15) is 30.0 Å². The Labute approximate surface area is 71.5 Å². The Balaban J connectivity index is -0.0000000600. The van der Waals surface area contributed by atoms with Crippen LogP contribution < -0.4 is 0 Å². The molecule has 8 heavy (non-hydrogen) atoms. The van der Waals surface area contributed by atoms with Crippen molar-refractivity contribution < 1.29 is 2.85 Å². The predicted octanol–water partition coefficient (Wildman–Crippen LogP) is 2.45. The van der Waals surface area contributed by atoms with E-state index >= 15 is 0 Å². The Morgan fingerprint density at radius 3 is 2.12 bits per heavy atom. The third-order valence-electron chi connectivity index (χ3n) is 0.843. The van der Waals surface area contributed by atoms with Crippen LogP contribution in [0.4, 0.5) is 0 Å². The van der Waals surface area contributed by atoms with E-state index in [9.17, 15) is 0 Å². The molecule has 0 N–H and O–H groups in total. The topological polar surface area (TPSA) is 0 Å². The predicted molar refractivity (Wildman–Crippen MR) is 42.2 cm³/mol. The van der Waals surface area contributed by atoms with Crippen molar-refractivity contribution in [1.29, 1.82) is 0 Å². The van der Waals surface area contributed by atoms with Crippen LogP contribution >= 0.6 is 0 Å². The van der Waals surface area contributed by atoms with E-state index in [-0.39, 0.29) is 25.9 Å². The third-order valence-corrected chi connectivity index (χ3v) is 0.843. The van der Waals surface area contributed by atoms with Gasteiger partial charge in [-0.15, -0.1) is 0 Å². The van der Waals surface area contributed by atoms with Gasteiger partial charge < -0.3 is 2.85 Å². The first-order valence-corrected chi connectivity index (χ1v) is 2.88. The van der Waals surface area contributed by atoms with Crippen molar-refractivity contribution in [3.63, 3.8) is 0 Å². The number of hydrogen-bond donors (Lipinski definition) is 0. The normalized spacial score (nSPS) is 10.0. The van der Waals surface area contributed by atoms with Gasteiger partial charge in [0.15, 0.2) is 0 Å². The average molecular weight is 125 g/mol. The van der Waals surface area contributed by atoms with Crippen molar-refractivity contribution >= 4 is 23.1 Å². The maximum Gasteiger partial charge on any atom is 2.00 e. The van der Waals surface area contributed by atoms with Crippen molar-refractivity contribution in [2.24, 2.45) is 5.92 Å². The second-order valence-corrected chi connectivity index (χ2v) is 2.20. The van der Waals surface area contributed by atoms with Crippen LogP contribution in [-0.4, -0.2) is 23.1 Å². The fourth-order valence-electron chi connectivity index (χ4n) is 0.408. The Morgan fingerprint density at radius 2 is 2.00 bits per heavy atom. The number of hydrogen-bond acceptors (Lipinski definition) is 0. The van der Waals surface area contributed by atoms with Crippen LogP contribution in [0.5, 0.6) is 0 Å². The van der Waals surface area contributed by atoms with E-state index in [0.29, 0.717) is 0 Å². The van der Waals surface area contributed by atoms with Gasteiger partial charge in [-0.3, -0.25) is 0 Å². The monoisotopic (exact) mass is 124 g/mol. The molecule has 1 heteroatoms. The first-order chi connectivity index (χ1) is 3.27. The zero-order chi connectivity index (χ0) is 5.70. The largest absolute Gasteiger partial charge is 2.00 e. The smallest absolute Gasteiger partial charge is 1.00 e. The van der Waals surface area contributed by atoms with Crippen molar-refractivity contribution in [3.05, 3.63) is 12.2 Å². The molecule has 0 saturated heterocycles. The van der Waals surface area contributed by atoms with Crippen LogP contribution in [0, 0.1) is 5.92 Å². The summed E-state index contributed by atoms with van der Waals surface area (Å²) in [6.45, 7) is 6.50. The molecule has 0 fully saturated rings. The van der Waals surface area contributed by atoms with Gasteiger partial charge in [0.2, 0.25) is 0 Å². The van der Waals surface area contributed by atoms with E-state index in [1.165, 1.54) is 6.42 Å². The second kappa shape index (κ2) is 7.51. The molecule has 0 spiro atoms. The Hall–Kier alpha value is 0.506. The summed E-state index contributed by atoms with van der Waals surface area (Å²) in [5.41, 5.74) is 0. The molecule has 46 valence electrons. The maximum atomic E-state index is 2.22. The molecule has 0 atom stereocenters. The van der Waals surface area contributed by atoms with Crippen LogP contribution in [0.3, 0.4) is 0 Å². The third kappa shape index (κ3) is 9.71. The minimum atomic E-state index is 0. The SMILES string of the molecule is C/C=C/CC(C)C.[H-].[H-].[Mg+2]. The zero-order valence-corrected chi connectivity index (χ0v) is 7.56. The molecule has 0 aliphatic heterocycles. The van der Waals surface area contributed by atoms with E-state index < -0.39 is 0 Å². The van der Waals surface area contributed by atoms with Gasteiger partial charge in [0, 0.05) is 0 Å². The average Bonchev–Trinajstić information content (AvgIpc) is 1.61. The minimum Gasteiger partial charge on any atom is -1.00 e. The molecule has 0 aromatic rings. The maximum absolute atomic E-state index is 2.22. The van der Waals surface area contributed by atoms with E-state index in [0.717, 1.165) is 5.92 Å². The van der Waals surface area contributed by atoms with Crippen molar-refractivity contribution in [1.82, 2.24) is 0 Å². The molecule has 0 bridgehead atoms. The fraction of sp³-hybridized carbons (Fsp3) is 0.714. The zero-order valence-electron chi connectivity index (χ0n) is 8.15. The Bertz CT molecular complexity index is 62.6. The van der Waals surface area contributed by atoms with E-state index in [2.05, 4.69) is 32.9 Å². The quantitative estimate of drug-likeness (QED) is 0.392. The van der Waals surface area contributed by atoms with Gasteiger partial charge >= 0.3 is 23.1 Å². The summed E-state index contributed by atoms with van der Waals surface area (Å²) < 4.78 is 0. The molecule has 0 rings (SSSR count). The van der Waals surface area contributed by atoms with Crippen LogP contribution in [0.15, 0.2) is 12.2 Å². The molecule has 0 saturated carbocycles. The number of rotatable bonds is 2. The van der Waals surface area contributed by atoms with Gasteiger partial charge in [0.1, 0.15) is 0 Å². The van der Waals surface area contributed by atoms with E-state index in [1.807, 2.05) is 0 Å². The van der Waals surface area contributed by atoms with Gasteiger partial charge in [-0.1, -0.05) is 26.0 Å². The first kappa shape index (κ1) is 11.3. The molecule has 0 unspecified atom stereocenters. The summed E-state index contributed by atoms with van der Waals surface area (Å²) in [6, 6.07) is 0. The van der Waals surface area contributed by atoms with Crippen molar-refractivity contribution in [2.75, 3.05) is 0 Å². The number of allylic oxidation sites excluding steroid dienone is 2. The molecule has 0 aromatic carbocycles. The summed E-state index contributed by atoms with van der Waals surface area (Å²) in [5, 5.41) is 0. The fourth-order valence-corrected chi connectivity index (χ4v) is 0.408. The van der Waals surface area contributed by atoms with Crippen LogP contribution in [0.2, 0.25) is 0 Å². The summed E-state index contributed by atoms with van der Waals surface area (Å²) in [5.74, 6) is 0.816. The molecule has 0 nitrogen and oxygen atoms in total. The molecule has 0 radical (unpaired) electrons. The molecular formula is C7H16Mg. The summed E-state index contributed by atoms with van der Waals surface area (Å²) in [7, 11) is 0. The molecule has 0 amide bonds. The second-order valence-electron chi connectivity index (χ2n) is 2.20. The molecular weight excluding hydrogens is 108 g/mol. The summed E-state index contributed by atoms with van der Waals surface area (Å²) in [4.78, 5) is 0. The minimum absolute atomic E-state index is 0. The van der Waals surface area contributed by atoms with Crippen molar-refractivity contribution in [3.8, 4) is 0 Å².